The molecule has 0 fully saturated rings. The van der Waals surface area contributed by atoms with Gasteiger partial charge in [0.2, 0.25) is 5.95 Å². The molecule has 0 aliphatic rings. The van der Waals surface area contributed by atoms with E-state index in [1.54, 1.807) is 4.68 Å². The van der Waals surface area contributed by atoms with Crippen molar-refractivity contribution in [3.05, 3.63) is 42.0 Å². The number of ether oxygens (including phenoxy) is 1. The van der Waals surface area contributed by atoms with Crippen molar-refractivity contribution >= 4 is 22.6 Å². The summed E-state index contributed by atoms with van der Waals surface area (Å²) < 4.78 is 7.30. The topological polar surface area (TPSA) is 108 Å². The number of nitrogens with two attached hydrogens (primary N) is 1. The molecule has 0 aliphatic carbocycles. The minimum absolute atomic E-state index is 0.168. The number of nitrogens with one attached hydrogen (secondary N) is 1. The summed E-state index contributed by atoms with van der Waals surface area (Å²) in [7, 11) is 0. The van der Waals surface area contributed by atoms with Gasteiger partial charge in [0.25, 0.3) is 5.91 Å². The van der Waals surface area contributed by atoms with E-state index < -0.39 is 5.91 Å². The van der Waals surface area contributed by atoms with Crippen LogP contribution in [0, 0.1) is 0 Å². The molecule has 3 N–H and O–H groups in total. The number of benzene rings is 2. The van der Waals surface area contributed by atoms with Crippen LogP contribution in [-0.4, -0.2) is 32.7 Å². The third kappa shape index (κ3) is 3.85. The standard InChI is InChI=1S/C17H20N6O2/c1-2-9-23-17(20-21-22-23)19-10-14-13-6-4-3-5-12(13)7-8-15(14)25-11-16(18)24/h3-8H,2,9-11H2,1H3,(H2,18,24)(H,19,20,22). The quantitative estimate of drug-likeness (QED) is 0.646. The molecular formula is C17H20N6O2. The number of tetrazole rings is 1. The Labute approximate surface area is 145 Å². The van der Waals surface area contributed by atoms with Crippen molar-refractivity contribution in [2.45, 2.75) is 26.4 Å². The van der Waals surface area contributed by atoms with Gasteiger partial charge in [-0.25, -0.2) is 4.68 Å². The molecule has 3 aromatic rings. The number of carbonyl (C=O) groups excluding carboxylic acids is 1. The molecule has 0 saturated carbocycles. The highest BCUT2D eigenvalue weighted by Gasteiger charge is 2.12. The van der Waals surface area contributed by atoms with E-state index in [9.17, 15) is 4.79 Å². The first-order valence-corrected chi connectivity index (χ1v) is 8.10. The van der Waals surface area contributed by atoms with E-state index in [2.05, 4.69) is 27.8 Å². The van der Waals surface area contributed by atoms with Gasteiger partial charge in [-0.2, -0.15) is 0 Å². The van der Waals surface area contributed by atoms with Crippen molar-refractivity contribution in [2.75, 3.05) is 11.9 Å². The average molecular weight is 340 g/mol. The maximum absolute atomic E-state index is 11.1. The zero-order valence-corrected chi connectivity index (χ0v) is 14.0. The smallest absolute Gasteiger partial charge is 0.255 e. The van der Waals surface area contributed by atoms with Crippen LogP contribution in [0.2, 0.25) is 0 Å². The third-order valence-electron chi connectivity index (χ3n) is 3.76. The summed E-state index contributed by atoms with van der Waals surface area (Å²) >= 11 is 0. The van der Waals surface area contributed by atoms with Gasteiger partial charge in [0.15, 0.2) is 6.61 Å². The Morgan fingerprint density at radius 2 is 2.12 bits per heavy atom. The Kier molecular flexibility index (Phi) is 5.08. The van der Waals surface area contributed by atoms with Crippen molar-refractivity contribution in [1.29, 1.82) is 0 Å². The van der Waals surface area contributed by atoms with Crippen LogP contribution < -0.4 is 15.8 Å². The summed E-state index contributed by atoms with van der Waals surface area (Å²) in [4.78, 5) is 11.1. The maximum atomic E-state index is 11.1. The fourth-order valence-corrected chi connectivity index (χ4v) is 2.64. The molecule has 0 unspecified atom stereocenters. The van der Waals surface area contributed by atoms with Crippen molar-refractivity contribution in [3.63, 3.8) is 0 Å². The van der Waals surface area contributed by atoms with E-state index in [1.807, 2.05) is 36.4 Å². The number of anilines is 1. The van der Waals surface area contributed by atoms with Crippen molar-refractivity contribution in [2.24, 2.45) is 5.73 Å². The molecule has 1 amide bonds. The minimum Gasteiger partial charge on any atom is -0.483 e. The van der Waals surface area contributed by atoms with Gasteiger partial charge in [-0.1, -0.05) is 42.4 Å². The van der Waals surface area contributed by atoms with Crippen LogP contribution in [0.15, 0.2) is 36.4 Å². The maximum Gasteiger partial charge on any atom is 0.255 e. The molecule has 0 bridgehead atoms. The van der Waals surface area contributed by atoms with Crippen LogP contribution in [0.5, 0.6) is 5.75 Å². The second-order valence-corrected chi connectivity index (χ2v) is 5.60. The summed E-state index contributed by atoms with van der Waals surface area (Å²) in [5.41, 5.74) is 6.12. The van der Waals surface area contributed by atoms with E-state index in [-0.39, 0.29) is 6.61 Å². The molecule has 1 aromatic heterocycles. The molecule has 8 nitrogen and oxygen atoms in total. The van der Waals surface area contributed by atoms with Crippen molar-refractivity contribution in [1.82, 2.24) is 20.2 Å². The lowest BCUT2D eigenvalue weighted by Gasteiger charge is -2.14. The fraction of sp³-hybridized carbons (Fsp3) is 0.294. The highest BCUT2D eigenvalue weighted by atomic mass is 16.5. The molecule has 0 spiro atoms. The second kappa shape index (κ2) is 7.61. The number of aromatic nitrogens is 4. The van der Waals surface area contributed by atoms with Gasteiger partial charge in [-0.15, -0.1) is 0 Å². The number of nitrogens with zero attached hydrogens (tertiary/aromatic N) is 4. The fourth-order valence-electron chi connectivity index (χ4n) is 2.64. The number of rotatable bonds is 8. The molecule has 0 radical (unpaired) electrons. The Balaban J connectivity index is 1.90. The Morgan fingerprint density at radius 1 is 1.28 bits per heavy atom. The number of carbonyl (C=O) groups is 1. The van der Waals surface area contributed by atoms with E-state index in [1.165, 1.54) is 0 Å². The van der Waals surface area contributed by atoms with Gasteiger partial charge in [0.1, 0.15) is 5.75 Å². The lowest BCUT2D eigenvalue weighted by molar-refractivity contribution is -0.119. The zero-order chi connectivity index (χ0) is 17.6. The van der Waals surface area contributed by atoms with Gasteiger partial charge >= 0.3 is 0 Å². The van der Waals surface area contributed by atoms with Crippen LogP contribution >= 0.6 is 0 Å². The molecule has 3 rings (SSSR count). The number of hydrogen-bond donors (Lipinski definition) is 2. The second-order valence-electron chi connectivity index (χ2n) is 5.60. The summed E-state index contributed by atoms with van der Waals surface area (Å²) in [6.07, 6.45) is 0.932. The van der Waals surface area contributed by atoms with E-state index in [0.717, 1.165) is 29.3 Å². The van der Waals surface area contributed by atoms with E-state index in [0.29, 0.717) is 18.2 Å². The molecule has 130 valence electrons. The van der Waals surface area contributed by atoms with Gasteiger partial charge in [-0.05, 0) is 33.7 Å². The SMILES string of the molecule is CCCn1nnnc1NCc1c(OCC(N)=O)ccc2ccccc12. The van der Waals surface area contributed by atoms with E-state index in [4.69, 9.17) is 10.5 Å². The summed E-state index contributed by atoms with van der Waals surface area (Å²) in [5, 5.41) is 17.0. The molecular weight excluding hydrogens is 320 g/mol. The molecule has 1 heterocycles. The number of primary amides is 1. The van der Waals surface area contributed by atoms with Crippen LogP contribution in [0.1, 0.15) is 18.9 Å². The van der Waals surface area contributed by atoms with Gasteiger partial charge in [-0.3, -0.25) is 4.79 Å². The predicted octanol–water partition coefficient (Wildman–Crippen LogP) is 1.71. The summed E-state index contributed by atoms with van der Waals surface area (Å²) in [6, 6.07) is 11.8. The largest absolute Gasteiger partial charge is 0.483 e. The zero-order valence-electron chi connectivity index (χ0n) is 14.0. The highest BCUT2D eigenvalue weighted by molar-refractivity contribution is 5.88. The molecule has 0 saturated heterocycles. The Hall–Kier alpha value is -3.16. The minimum atomic E-state index is -0.515. The number of aryl methyl sites for hydroxylation is 1. The first-order chi connectivity index (χ1) is 12.2. The van der Waals surface area contributed by atoms with Crippen molar-refractivity contribution in [3.8, 4) is 5.75 Å². The van der Waals surface area contributed by atoms with Crippen LogP contribution in [0.3, 0.4) is 0 Å². The van der Waals surface area contributed by atoms with E-state index >= 15 is 0 Å². The molecule has 0 atom stereocenters. The Morgan fingerprint density at radius 3 is 2.92 bits per heavy atom. The predicted molar refractivity (Wildman–Crippen MR) is 94.1 cm³/mol. The Bertz CT molecular complexity index is 876. The van der Waals surface area contributed by atoms with Crippen molar-refractivity contribution < 1.29 is 9.53 Å². The highest BCUT2D eigenvalue weighted by Crippen LogP contribution is 2.28. The first-order valence-electron chi connectivity index (χ1n) is 8.10. The lowest BCUT2D eigenvalue weighted by Crippen LogP contribution is -2.20. The number of fused-ring (bicyclic) bond motifs is 1. The normalized spacial score (nSPS) is 10.8. The van der Waals surface area contributed by atoms with Crippen LogP contribution in [-0.2, 0) is 17.9 Å². The van der Waals surface area contributed by atoms with Gasteiger partial charge in [0, 0.05) is 18.7 Å². The van der Waals surface area contributed by atoms with Gasteiger partial charge in [0.05, 0.1) is 0 Å². The first kappa shape index (κ1) is 16.7. The van der Waals surface area contributed by atoms with Crippen LogP contribution in [0.4, 0.5) is 5.95 Å². The molecule has 8 heteroatoms. The summed E-state index contributed by atoms with van der Waals surface area (Å²) in [5.74, 6) is 0.689. The number of hydrogen-bond acceptors (Lipinski definition) is 6. The third-order valence-corrected chi connectivity index (χ3v) is 3.76. The average Bonchev–Trinajstić information content (AvgIpc) is 3.05. The summed E-state index contributed by atoms with van der Waals surface area (Å²) in [6.45, 7) is 3.08. The molecule has 2 aromatic carbocycles. The molecule has 0 aliphatic heterocycles. The lowest BCUT2D eigenvalue weighted by atomic mass is 10.0. The number of amides is 1. The monoisotopic (exact) mass is 340 g/mol. The van der Waals surface area contributed by atoms with Crippen LogP contribution in [0.25, 0.3) is 10.8 Å². The van der Waals surface area contributed by atoms with Gasteiger partial charge < -0.3 is 15.8 Å². The molecule has 25 heavy (non-hydrogen) atoms.